The Kier molecular flexibility index (Phi) is 11.3. The van der Waals surface area contributed by atoms with Gasteiger partial charge in [-0.25, -0.2) is 0 Å². The van der Waals surface area contributed by atoms with Gasteiger partial charge in [0.15, 0.2) is 0 Å². The lowest BCUT2D eigenvalue weighted by atomic mass is 9.86. The third-order valence-corrected chi connectivity index (χ3v) is 4.47. The molecule has 0 aliphatic rings. The molecule has 0 heterocycles. The molecule has 0 aromatic heterocycles. The molecule has 0 radical (unpaired) electrons. The molecule has 0 bridgehead atoms. The molecule has 3 heteroatoms. The molecular weight excluding hydrogens is 348 g/mol. The Balaban J connectivity index is 5.73. The zero-order valence-corrected chi connectivity index (χ0v) is 21.3. The smallest absolute Gasteiger partial charge is 0.287 e. The third kappa shape index (κ3) is 12.4. The first-order chi connectivity index (χ1) is 12.5. The lowest BCUT2D eigenvalue weighted by Crippen LogP contribution is -2.57. The maximum Gasteiger partial charge on any atom is 0.287 e. The molecule has 0 saturated heterocycles. The molecule has 0 fully saturated rings. The summed E-state index contributed by atoms with van der Waals surface area (Å²) in [5.74, 6) is -0.508. The van der Waals surface area contributed by atoms with Crippen molar-refractivity contribution in [3.05, 3.63) is 0 Å². The van der Waals surface area contributed by atoms with E-state index in [9.17, 15) is 0 Å². The summed E-state index contributed by atoms with van der Waals surface area (Å²) in [6.45, 7) is 25.6. The number of hydrogen-bond donors (Lipinski definition) is 0. The monoisotopic (exact) mass is 400 g/mol. The van der Waals surface area contributed by atoms with Gasteiger partial charge in [-0.2, -0.15) is 0 Å². The van der Waals surface area contributed by atoms with Crippen molar-refractivity contribution in [3.63, 3.8) is 0 Å². The van der Waals surface area contributed by atoms with Crippen molar-refractivity contribution in [2.24, 2.45) is 11.8 Å². The van der Waals surface area contributed by atoms with E-state index in [0.29, 0.717) is 5.92 Å². The van der Waals surface area contributed by atoms with Crippen molar-refractivity contribution < 1.29 is 14.2 Å². The standard InChI is InChI=1S/C25H52O3/c1-13-14-15-16-17-18-19-21(20(2)3)25(26-22(4,5)6,27-23(7,8)9)28-24(10,11)12/h20-21H,13-19H2,1-12H3. The fraction of sp³-hybridized carbons (Fsp3) is 1.00. The third-order valence-electron chi connectivity index (χ3n) is 4.47. The molecular formula is C25H52O3. The molecule has 0 amide bonds. The Bertz CT molecular complexity index is 366. The van der Waals surface area contributed by atoms with Gasteiger partial charge in [-0.15, -0.1) is 0 Å². The van der Waals surface area contributed by atoms with E-state index in [1.807, 2.05) is 0 Å². The van der Waals surface area contributed by atoms with E-state index < -0.39 is 5.97 Å². The van der Waals surface area contributed by atoms with Crippen LogP contribution >= 0.6 is 0 Å². The van der Waals surface area contributed by atoms with Crippen LogP contribution in [0.5, 0.6) is 0 Å². The molecule has 0 aromatic carbocycles. The van der Waals surface area contributed by atoms with Crippen LogP contribution in [-0.4, -0.2) is 22.8 Å². The first kappa shape index (κ1) is 27.9. The molecule has 0 rings (SSSR count). The van der Waals surface area contributed by atoms with Crippen LogP contribution in [0.25, 0.3) is 0 Å². The van der Waals surface area contributed by atoms with E-state index in [0.717, 1.165) is 6.42 Å². The van der Waals surface area contributed by atoms with E-state index in [-0.39, 0.29) is 22.7 Å². The van der Waals surface area contributed by atoms with Crippen LogP contribution in [0.4, 0.5) is 0 Å². The fourth-order valence-electron chi connectivity index (χ4n) is 3.63. The van der Waals surface area contributed by atoms with Crippen LogP contribution in [0.1, 0.15) is 128 Å². The molecule has 28 heavy (non-hydrogen) atoms. The first-order valence-electron chi connectivity index (χ1n) is 11.6. The van der Waals surface area contributed by atoms with Crippen molar-refractivity contribution in [1.82, 2.24) is 0 Å². The van der Waals surface area contributed by atoms with Gasteiger partial charge in [0.05, 0.1) is 16.8 Å². The second-order valence-electron chi connectivity index (χ2n) is 11.7. The maximum absolute atomic E-state index is 6.65. The van der Waals surface area contributed by atoms with E-state index in [2.05, 4.69) is 83.1 Å². The molecule has 0 aliphatic heterocycles. The van der Waals surface area contributed by atoms with E-state index in [1.165, 1.54) is 38.5 Å². The number of rotatable bonds is 12. The van der Waals surface area contributed by atoms with Crippen molar-refractivity contribution in [1.29, 1.82) is 0 Å². The quantitative estimate of drug-likeness (QED) is 0.244. The highest BCUT2D eigenvalue weighted by Gasteiger charge is 2.51. The minimum atomic E-state index is -1.06. The minimum Gasteiger partial charge on any atom is -0.321 e. The molecule has 1 atom stereocenters. The average Bonchev–Trinajstić information content (AvgIpc) is 2.39. The molecule has 0 N–H and O–H groups in total. The van der Waals surface area contributed by atoms with E-state index in [1.54, 1.807) is 0 Å². The van der Waals surface area contributed by atoms with Gasteiger partial charge in [-0.05, 0) is 74.7 Å². The van der Waals surface area contributed by atoms with Crippen LogP contribution in [-0.2, 0) is 14.2 Å². The molecule has 170 valence electrons. The summed E-state index contributed by atoms with van der Waals surface area (Å²) in [5.41, 5.74) is -1.11. The van der Waals surface area contributed by atoms with Crippen molar-refractivity contribution >= 4 is 0 Å². The normalized spacial score (nSPS) is 15.3. The molecule has 0 saturated carbocycles. The second kappa shape index (κ2) is 11.3. The van der Waals surface area contributed by atoms with E-state index >= 15 is 0 Å². The van der Waals surface area contributed by atoms with Gasteiger partial charge in [-0.1, -0.05) is 59.3 Å². The Labute approximate surface area is 177 Å². The van der Waals surface area contributed by atoms with Gasteiger partial charge in [0, 0.05) is 5.92 Å². The first-order valence-corrected chi connectivity index (χ1v) is 11.6. The van der Waals surface area contributed by atoms with Gasteiger partial charge in [0.25, 0.3) is 5.97 Å². The van der Waals surface area contributed by atoms with Crippen LogP contribution in [0, 0.1) is 11.8 Å². The largest absolute Gasteiger partial charge is 0.321 e. The summed E-state index contributed by atoms with van der Waals surface area (Å²) in [6, 6.07) is 0. The summed E-state index contributed by atoms with van der Waals surface area (Å²) in [6.07, 6.45) is 8.77. The zero-order chi connectivity index (χ0) is 22.2. The van der Waals surface area contributed by atoms with Gasteiger partial charge >= 0.3 is 0 Å². The Hall–Kier alpha value is -0.120. The van der Waals surface area contributed by atoms with Gasteiger partial charge in [-0.3, -0.25) is 0 Å². The average molecular weight is 401 g/mol. The fourth-order valence-corrected chi connectivity index (χ4v) is 3.63. The highest BCUT2D eigenvalue weighted by Crippen LogP contribution is 2.43. The Morgan fingerprint density at radius 3 is 1.25 bits per heavy atom. The highest BCUT2D eigenvalue weighted by atomic mass is 16.9. The Morgan fingerprint density at radius 2 is 0.929 bits per heavy atom. The summed E-state index contributed by atoms with van der Waals surface area (Å²) < 4.78 is 20.0. The molecule has 0 spiro atoms. The number of unbranched alkanes of at least 4 members (excludes halogenated alkanes) is 5. The van der Waals surface area contributed by atoms with Gasteiger partial charge in [0.2, 0.25) is 0 Å². The molecule has 0 aromatic rings. The number of hydrogen-bond acceptors (Lipinski definition) is 3. The zero-order valence-electron chi connectivity index (χ0n) is 21.3. The second-order valence-corrected chi connectivity index (χ2v) is 11.7. The summed E-state index contributed by atoms with van der Waals surface area (Å²) >= 11 is 0. The van der Waals surface area contributed by atoms with Crippen LogP contribution in [0.15, 0.2) is 0 Å². The SMILES string of the molecule is CCCCCCCCC(C(C)C)C(OC(C)(C)C)(OC(C)(C)C)OC(C)(C)C. The van der Waals surface area contributed by atoms with Crippen LogP contribution in [0.3, 0.4) is 0 Å². The Morgan fingerprint density at radius 1 is 0.571 bits per heavy atom. The van der Waals surface area contributed by atoms with Gasteiger partial charge < -0.3 is 14.2 Å². The predicted octanol–water partition coefficient (Wildman–Crippen LogP) is 8.11. The predicted molar refractivity (Wildman–Crippen MR) is 122 cm³/mol. The summed E-state index contributed by atoms with van der Waals surface area (Å²) in [5, 5.41) is 0. The minimum absolute atomic E-state index is 0.163. The molecule has 1 unspecified atom stereocenters. The van der Waals surface area contributed by atoms with Crippen molar-refractivity contribution in [2.45, 2.75) is 151 Å². The number of ether oxygens (including phenoxy) is 3. The summed E-state index contributed by atoms with van der Waals surface area (Å²) in [7, 11) is 0. The lowest BCUT2D eigenvalue weighted by molar-refractivity contribution is -0.471. The van der Waals surface area contributed by atoms with Crippen molar-refractivity contribution in [3.8, 4) is 0 Å². The van der Waals surface area contributed by atoms with Crippen LogP contribution < -0.4 is 0 Å². The lowest BCUT2D eigenvalue weighted by Gasteiger charge is -2.50. The van der Waals surface area contributed by atoms with Crippen LogP contribution in [0.2, 0.25) is 0 Å². The molecule has 3 nitrogen and oxygen atoms in total. The van der Waals surface area contributed by atoms with Crippen molar-refractivity contribution in [2.75, 3.05) is 0 Å². The highest BCUT2D eigenvalue weighted by molar-refractivity contribution is 4.83. The maximum atomic E-state index is 6.65. The topological polar surface area (TPSA) is 27.7 Å². The van der Waals surface area contributed by atoms with E-state index in [4.69, 9.17) is 14.2 Å². The van der Waals surface area contributed by atoms with Gasteiger partial charge in [0.1, 0.15) is 0 Å². The summed E-state index contributed by atoms with van der Waals surface area (Å²) in [4.78, 5) is 0. The molecule has 0 aliphatic carbocycles.